The van der Waals surface area contributed by atoms with Crippen LogP contribution in [0.2, 0.25) is 0 Å². The van der Waals surface area contributed by atoms with E-state index in [9.17, 15) is 24.0 Å². The SMILES string of the molecule is CC(C)(C)OC(=O)NC1(CC(=O)CNC(=O)CNC(=O)C(=O)CC2c3ccccc3-c3ccccc32)CCC1. The van der Waals surface area contributed by atoms with Crippen molar-refractivity contribution in [2.75, 3.05) is 13.1 Å². The Morgan fingerprint density at radius 3 is 2.00 bits per heavy atom. The smallest absolute Gasteiger partial charge is 0.408 e. The summed E-state index contributed by atoms with van der Waals surface area (Å²) in [6.45, 7) is 4.63. The van der Waals surface area contributed by atoms with Crippen LogP contribution in [0.4, 0.5) is 4.79 Å². The maximum Gasteiger partial charge on any atom is 0.408 e. The first kappa shape index (κ1) is 28.0. The van der Waals surface area contributed by atoms with Crippen LogP contribution >= 0.6 is 0 Å². The van der Waals surface area contributed by atoms with Gasteiger partial charge < -0.3 is 20.7 Å². The van der Waals surface area contributed by atoms with Crippen molar-refractivity contribution in [3.05, 3.63) is 59.7 Å². The van der Waals surface area contributed by atoms with Crippen LogP contribution in [0.3, 0.4) is 0 Å². The molecule has 0 bridgehead atoms. The van der Waals surface area contributed by atoms with Gasteiger partial charge in [-0.3, -0.25) is 19.2 Å². The van der Waals surface area contributed by atoms with Gasteiger partial charge in [0.05, 0.1) is 18.6 Å². The van der Waals surface area contributed by atoms with Crippen molar-refractivity contribution in [1.82, 2.24) is 16.0 Å². The van der Waals surface area contributed by atoms with Crippen molar-refractivity contribution in [2.45, 2.75) is 69.9 Å². The van der Waals surface area contributed by atoms with E-state index in [1.807, 2.05) is 48.5 Å². The van der Waals surface area contributed by atoms with Crippen LogP contribution in [0.15, 0.2) is 48.5 Å². The summed E-state index contributed by atoms with van der Waals surface area (Å²) in [6.07, 6.45) is 1.68. The summed E-state index contributed by atoms with van der Waals surface area (Å²) in [5, 5.41) is 7.65. The lowest BCUT2D eigenvalue weighted by Crippen LogP contribution is -2.56. The Balaban J connectivity index is 1.22. The molecule has 3 amide bonds. The van der Waals surface area contributed by atoms with Gasteiger partial charge in [0.1, 0.15) is 5.60 Å². The molecule has 9 heteroatoms. The van der Waals surface area contributed by atoms with Gasteiger partial charge in [-0.1, -0.05) is 48.5 Å². The molecule has 0 spiro atoms. The number of amides is 3. The third kappa shape index (κ3) is 6.90. The van der Waals surface area contributed by atoms with Crippen molar-refractivity contribution >= 4 is 29.5 Å². The lowest BCUT2D eigenvalue weighted by molar-refractivity contribution is -0.138. The first-order valence-corrected chi connectivity index (χ1v) is 13.3. The molecular formula is C30H35N3O6. The first-order valence-electron chi connectivity index (χ1n) is 13.3. The number of fused-ring (bicyclic) bond motifs is 3. The molecule has 2 aliphatic carbocycles. The minimum absolute atomic E-state index is 0.00725. The van der Waals surface area contributed by atoms with E-state index in [2.05, 4.69) is 16.0 Å². The highest BCUT2D eigenvalue weighted by molar-refractivity contribution is 6.36. The summed E-state index contributed by atoms with van der Waals surface area (Å²) in [7, 11) is 0. The minimum atomic E-state index is -0.840. The molecule has 2 aromatic rings. The van der Waals surface area contributed by atoms with Gasteiger partial charge in [0, 0.05) is 18.8 Å². The quantitative estimate of drug-likeness (QED) is 0.401. The Kier molecular flexibility index (Phi) is 8.18. The number of ketones is 2. The highest BCUT2D eigenvalue weighted by Crippen LogP contribution is 2.46. The van der Waals surface area contributed by atoms with Crippen LogP contribution < -0.4 is 16.0 Å². The second-order valence-electron chi connectivity index (χ2n) is 11.3. The molecule has 0 aromatic heterocycles. The van der Waals surface area contributed by atoms with E-state index < -0.39 is 41.4 Å². The molecule has 0 heterocycles. The molecule has 9 nitrogen and oxygen atoms in total. The fourth-order valence-corrected chi connectivity index (χ4v) is 5.19. The van der Waals surface area contributed by atoms with Crippen molar-refractivity contribution in [1.29, 1.82) is 0 Å². The van der Waals surface area contributed by atoms with Gasteiger partial charge in [-0.05, 0) is 62.3 Å². The molecule has 4 rings (SSSR count). The molecule has 3 N–H and O–H groups in total. The maximum atomic E-state index is 12.7. The molecule has 2 aliphatic rings. The van der Waals surface area contributed by atoms with Gasteiger partial charge in [0.25, 0.3) is 5.91 Å². The van der Waals surface area contributed by atoms with E-state index in [-0.39, 0.29) is 31.1 Å². The average molecular weight is 534 g/mol. The van der Waals surface area contributed by atoms with E-state index >= 15 is 0 Å². The van der Waals surface area contributed by atoms with Crippen LogP contribution in [0.1, 0.15) is 69.9 Å². The van der Waals surface area contributed by atoms with E-state index in [0.29, 0.717) is 12.8 Å². The zero-order valence-electron chi connectivity index (χ0n) is 22.6. The second kappa shape index (κ2) is 11.4. The van der Waals surface area contributed by atoms with Crippen LogP contribution in [0.5, 0.6) is 0 Å². The normalized spacial score (nSPS) is 15.3. The Bertz CT molecular complexity index is 1250. The predicted molar refractivity (Wildman–Crippen MR) is 145 cm³/mol. The van der Waals surface area contributed by atoms with Crippen LogP contribution in [-0.2, 0) is 23.9 Å². The van der Waals surface area contributed by atoms with Crippen molar-refractivity contribution in [2.24, 2.45) is 0 Å². The molecule has 0 radical (unpaired) electrons. The molecule has 2 aromatic carbocycles. The van der Waals surface area contributed by atoms with Gasteiger partial charge in [-0.2, -0.15) is 0 Å². The number of nitrogens with one attached hydrogen (secondary N) is 3. The number of carbonyl (C=O) groups excluding carboxylic acids is 5. The topological polar surface area (TPSA) is 131 Å². The summed E-state index contributed by atoms with van der Waals surface area (Å²) in [5.74, 6) is -2.51. The van der Waals surface area contributed by atoms with Crippen molar-refractivity contribution in [3.63, 3.8) is 0 Å². The molecule has 1 saturated carbocycles. The molecule has 0 saturated heterocycles. The zero-order valence-corrected chi connectivity index (χ0v) is 22.6. The van der Waals surface area contributed by atoms with E-state index in [0.717, 1.165) is 28.7 Å². The lowest BCUT2D eigenvalue weighted by Gasteiger charge is -2.42. The number of benzene rings is 2. The van der Waals surface area contributed by atoms with Crippen LogP contribution in [0, 0.1) is 0 Å². The first-order chi connectivity index (χ1) is 18.5. The molecule has 0 aliphatic heterocycles. The fourth-order valence-electron chi connectivity index (χ4n) is 5.19. The summed E-state index contributed by atoms with van der Waals surface area (Å²) >= 11 is 0. The molecule has 206 valence electrons. The van der Waals surface area contributed by atoms with Crippen LogP contribution in [0.25, 0.3) is 11.1 Å². The Morgan fingerprint density at radius 2 is 1.46 bits per heavy atom. The standard InChI is InChI=1S/C30H35N3O6/c1-29(2,3)39-28(38)33-30(13-8-14-30)16-19(34)17-31-26(36)18-32-27(37)25(35)15-24-22-11-6-4-9-20(22)21-10-5-7-12-23(21)24/h4-7,9-12,24H,8,13-18H2,1-3H3,(H,31,36)(H,32,37)(H,33,38). The van der Waals surface area contributed by atoms with Crippen molar-refractivity contribution in [3.8, 4) is 11.1 Å². The van der Waals surface area contributed by atoms with Crippen LogP contribution in [-0.4, -0.2) is 53.7 Å². The zero-order chi connectivity index (χ0) is 28.2. The third-order valence-electron chi connectivity index (χ3n) is 7.11. The maximum absolute atomic E-state index is 12.7. The second-order valence-corrected chi connectivity index (χ2v) is 11.3. The number of hydrogen-bond donors (Lipinski definition) is 3. The van der Waals surface area contributed by atoms with E-state index in [1.54, 1.807) is 20.8 Å². The third-order valence-corrected chi connectivity index (χ3v) is 7.11. The molecule has 1 fully saturated rings. The number of ether oxygens (including phenoxy) is 1. The largest absolute Gasteiger partial charge is 0.444 e. The summed E-state index contributed by atoms with van der Waals surface area (Å²) < 4.78 is 5.30. The van der Waals surface area contributed by atoms with Gasteiger partial charge in [0.15, 0.2) is 5.78 Å². The van der Waals surface area contributed by atoms with Gasteiger partial charge in [-0.25, -0.2) is 4.79 Å². The number of Topliss-reactive ketones (excluding diaryl/α,β-unsaturated/α-hetero) is 2. The lowest BCUT2D eigenvalue weighted by atomic mass is 9.73. The Labute approximate surface area is 228 Å². The highest BCUT2D eigenvalue weighted by Gasteiger charge is 2.41. The number of alkyl carbamates (subject to hydrolysis) is 1. The minimum Gasteiger partial charge on any atom is -0.444 e. The molecular weight excluding hydrogens is 498 g/mol. The van der Waals surface area contributed by atoms with Gasteiger partial charge in [0.2, 0.25) is 11.7 Å². The molecule has 0 atom stereocenters. The van der Waals surface area contributed by atoms with Gasteiger partial charge in [-0.15, -0.1) is 0 Å². The number of hydrogen-bond acceptors (Lipinski definition) is 6. The predicted octanol–water partition coefficient (Wildman–Crippen LogP) is 3.40. The van der Waals surface area contributed by atoms with Crippen molar-refractivity contribution < 1.29 is 28.7 Å². The van der Waals surface area contributed by atoms with E-state index in [4.69, 9.17) is 4.74 Å². The number of carbonyl (C=O) groups is 5. The Morgan fingerprint density at radius 1 is 0.872 bits per heavy atom. The number of rotatable bonds is 10. The highest BCUT2D eigenvalue weighted by atomic mass is 16.6. The Hall–Kier alpha value is -4.01. The van der Waals surface area contributed by atoms with E-state index in [1.165, 1.54) is 0 Å². The van der Waals surface area contributed by atoms with Gasteiger partial charge >= 0.3 is 6.09 Å². The summed E-state index contributed by atoms with van der Waals surface area (Å²) in [6, 6.07) is 15.6. The summed E-state index contributed by atoms with van der Waals surface area (Å²) in [4.78, 5) is 62.1. The molecule has 0 unspecified atom stereocenters. The molecule has 39 heavy (non-hydrogen) atoms. The average Bonchev–Trinajstić information content (AvgIpc) is 3.17. The fraction of sp³-hybridized carbons (Fsp3) is 0.433. The summed E-state index contributed by atoms with van der Waals surface area (Å²) in [5.41, 5.74) is 2.80. The monoisotopic (exact) mass is 533 g/mol.